The van der Waals surface area contributed by atoms with Crippen molar-refractivity contribution in [3.05, 3.63) is 75.5 Å². The van der Waals surface area contributed by atoms with E-state index in [0.717, 1.165) is 23.0 Å². The molecule has 1 amide bonds. The highest BCUT2D eigenvalue weighted by Gasteiger charge is 2.13. The maximum Gasteiger partial charge on any atom is 0.275 e. The molecule has 0 saturated heterocycles. The Kier molecular flexibility index (Phi) is 5.83. The molecule has 0 unspecified atom stereocenters. The van der Waals surface area contributed by atoms with Crippen LogP contribution in [0.2, 0.25) is 5.02 Å². The summed E-state index contributed by atoms with van der Waals surface area (Å²) in [7, 11) is 0. The van der Waals surface area contributed by atoms with Crippen LogP contribution in [0.5, 0.6) is 0 Å². The first kappa shape index (κ1) is 19.0. The quantitative estimate of drug-likeness (QED) is 0.505. The van der Waals surface area contributed by atoms with E-state index in [1.807, 2.05) is 31.2 Å². The Labute approximate surface area is 165 Å². The Balaban J connectivity index is 1.81. The van der Waals surface area contributed by atoms with Crippen LogP contribution in [-0.4, -0.2) is 21.2 Å². The number of amides is 1. The predicted octanol–water partition coefficient (Wildman–Crippen LogP) is 3.51. The molecule has 138 valence electrons. The van der Waals surface area contributed by atoms with Gasteiger partial charge in [-0.05, 0) is 48.9 Å². The van der Waals surface area contributed by atoms with E-state index in [1.165, 1.54) is 6.07 Å². The van der Waals surface area contributed by atoms with Gasteiger partial charge in [-0.25, -0.2) is 0 Å². The number of nitrogens with zero attached hydrogens (tertiary/aromatic N) is 2. The summed E-state index contributed by atoms with van der Waals surface area (Å²) in [5, 5.41) is 3.74. The molecule has 0 aliphatic heterocycles. The highest BCUT2D eigenvalue weighted by Crippen LogP contribution is 2.23. The van der Waals surface area contributed by atoms with Gasteiger partial charge in [0, 0.05) is 22.5 Å². The monoisotopic (exact) mass is 400 g/mol. The number of thioether (sulfide) groups is 1. The van der Waals surface area contributed by atoms with Gasteiger partial charge in [0.15, 0.2) is 5.16 Å². The number of nitrogens with one attached hydrogen (secondary N) is 1. The molecule has 3 aromatic rings. The Morgan fingerprint density at radius 1 is 1.22 bits per heavy atom. The average Bonchev–Trinajstić information content (AvgIpc) is 2.61. The molecule has 0 saturated carbocycles. The van der Waals surface area contributed by atoms with E-state index in [4.69, 9.17) is 17.3 Å². The van der Waals surface area contributed by atoms with Gasteiger partial charge in [-0.1, -0.05) is 35.5 Å². The molecule has 1 heterocycles. The van der Waals surface area contributed by atoms with Crippen molar-refractivity contribution in [3.63, 3.8) is 0 Å². The first-order valence-corrected chi connectivity index (χ1v) is 9.43. The standard InChI is InChI=1S/C19H17ClN4O2S/c1-12-3-2-4-14(9-12)22-18(26)11-27-19-23-17(25)10-16(21)24(19)15-7-5-13(20)6-8-15/h2-10H,11,21H2,1H3,(H,22,26). The number of carbonyl (C=O) groups is 1. The van der Waals surface area contributed by atoms with Gasteiger partial charge in [0.25, 0.3) is 5.56 Å². The van der Waals surface area contributed by atoms with E-state index in [9.17, 15) is 9.59 Å². The maximum absolute atomic E-state index is 12.3. The van der Waals surface area contributed by atoms with Gasteiger partial charge in [0.1, 0.15) is 5.82 Å². The summed E-state index contributed by atoms with van der Waals surface area (Å²) in [6, 6.07) is 15.7. The highest BCUT2D eigenvalue weighted by molar-refractivity contribution is 7.99. The summed E-state index contributed by atoms with van der Waals surface area (Å²) in [4.78, 5) is 28.0. The number of aryl methyl sites for hydroxylation is 1. The number of carbonyl (C=O) groups excluding carboxylic acids is 1. The number of nitrogen functional groups attached to an aromatic ring is 1. The SMILES string of the molecule is Cc1cccc(NC(=O)CSc2nc(=O)cc(N)n2-c2ccc(Cl)cc2)c1. The van der Waals surface area contributed by atoms with Crippen LogP contribution in [0.25, 0.3) is 5.69 Å². The Morgan fingerprint density at radius 2 is 1.96 bits per heavy atom. The molecular weight excluding hydrogens is 384 g/mol. The van der Waals surface area contributed by atoms with Crippen LogP contribution in [0.15, 0.2) is 64.5 Å². The first-order valence-electron chi connectivity index (χ1n) is 8.07. The second kappa shape index (κ2) is 8.28. The molecule has 27 heavy (non-hydrogen) atoms. The number of halogens is 1. The fourth-order valence-corrected chi connectivity index (χ4v) is 3.43. The molecule has 6 nitrogen and oxygen atoms in total. The molecule has 3 rings (SSSR count). The summed E-state index contributed by atoms with van der Waals surface area (Å²) >= 11 is 7.06. The lowest BCUT2D eigenvalue weighted by Gasteiger charge is -2.14. The minimum absolute atomic E-state index is 0.0808. The number of hydrogen-bond donors (Lipinski definition) is 2. The largest absolute Gasteiger partial charge is 0.385 e. The van der Waals surface area contributed by atoms with Crippen molar-refractivity contribution < 1.29 is 4.79 Å². The van der Waals surface area contributed by atoms with Gasteiger partial charge in [-0.3, -0.25) is 14.2 Å². The third kappa shape index (κ3) is 4.90. The Bertz CT molecular complexity index is 1030. The van der Waals surface area contributed by atoms with Crippen LogP contribution in [-0.2, 0) is 4.79 Å². The van der Waals surface area contributed by atoms with Gasteiger partial charge in [-0.2, -0.15) is 4.98 Å². The third-order valence-corrected chi connectivity index (χ3v) is 4.84. The van der Waals surface area contributed by atoms with E-state index in [-0.39, 0.29) is 17.5 Å². The van der Waals surface area contributed by atoms with E-state index in [1.54, 1.807) is 28.8 Å². The number of anilines is 2. The minimum atomic E-state index is -0.459. The van der Waals surface area contributed by atoms with Crippen LogP contribution in [0, 0.1) is 6.92 Å². The third-order valence-electron chi connectivity index (χ3n) is 3.65. The first-order chi connectivity index (χ1) is 12.9. The van der Waals surface area contributed by atoms with Crippen molar-refractivity contribution in [2.45, 2.75) is 12.1 Å². The molecule has 0 aliphatic carbocycles. The molecule has 0 fully saturated rings. The van der Waals surface area contributed by atoms with Gasteiger partial charge < -0.3 is 11.1 Å². The Morgan fingerprint density at radius 3 is 2.67 bits per heavy atom. The molecule has 0 bridgehead atoms. The smallest absolute Gasteiger partial charge is 0.275 e. The van der Waals surface area contributed by atoms with Crippen LogP contribution in [0.3, 0.4) is 0 Å². The van der Waals surface area contributed by atoms with Crippen LogP contribution >= 0.6 is 23.4 Å². The fourth-order valence-electron chi connectivity index (χ4n) is 2.47. The van der Waals surface area contributed by atoms with Crippen molar-refractivity contribution in [3.8, 4) is 5.69 Å². The van der Waals surface area contributed by atoms with Crippen molar-refractivity contribution in [1.29, 1.82) is 0 Å². The van der Waals surface area contributed by atoms with Crippen molar-refractivity contribution in [1.82, 2.24) is 9.55 Å². The fraction of sp³-hybridized carbons (Fsp3) is 0.105. The van der Waals surface area contributed by atoms with Gasteiger partial charge >= 0.3 is 0 Å². The Hall–Kier alpha value is -2.77. The minimum Gasteiger partial charge on any atom is -0.385 e. The maximum atomic E-state index is 12.3. The number of nitrogens with two attached hydrogens (primary N) is 1. The molecule has 0 spiro atoms. The normalized spacial score (nSPS) is 10.6. The lowest BCUT2D eigenvalue weighted by Crippen LogP contribution is -2.19. The van der Waals surface area contributed by atoms with E-state index < -0.39 is 5.56 Å². The predicted molar refractivity (Wildman–Crippen MR) is 110 cm³/mol. The molecular formula is C19H17ClN4O2S. The summed E-state index contributed by atoms with van der Waals surface area (Å²) < 4.78 is 1.61. The topological polar surface area (TPSA) is 90.0 Å². The van der Waals surface area contributed by atoms with Crippen LogP contribution < -0.4 is 16.6 Å². The molecule has 2 aromatic carbocycles. The number of aromatic nitrogens is 2. The zero-order valence-corrected chi connectivity index (χ0v) is 16.1. The molecule has 0 atom stereocenters. The molecule has 0 aliphatic rings. The lowest BCUT2D eigenvalue weighted by atomic mass is 10.2. The second-order valence-electron chi connectivity index (χ2n) is 5.82. The number of benzene rings is 2. The summed E-state index contributed by atoms with van der Waals surface area (Å²) in [5.74, 6) is 0.112. The van der Waals surface area contributed by atoms with E-state index in [2.05, 4.69) is 10.3 Å². The average molecular weight is 401 g/mol. The van der Waals surface area contributed by atoms with E-state index >= 15 is 0 Å². The lowest BCUT2D eigenvalue weighted by molar-refractivity contribution is -0.113. The van der Waals surface area contributed by atoms with E-state index in [0.29, 0.717) is 15.9 Å². The van der Waals surface area contributed by atoms with Crippen LogP contribution in [0.4, 0.5) is 11.5 Å². The summed E-state index contributed by atoms with van der Waals surface area (Å²) in [6.45, 7) is 1.95. The van der Waals surface area contributed by atoms with Gasteiger partial charge in [0.05, 0.1) is 5.75 Å². The van der Waals surface area contributed by atoms with Crippen molar-refractivity contribution in [2.75, 3.05) is 16.8 Å². The van der Waals surface area contributed by atoms with Gasteiger partial charge in [0.2, 0.25) is 5.91 Å². The molecule has 0 radical (unpaired) electrons. The zero-order valence-electron chi connectivity index (χ0n) is 14.5. The second-order valence-corrected chi connectivity index (χ2v) is 7.20. The van der Waals surface area contributed by atoms with Crippen LogP contribution in [0.1, 0.15) is 5.56 Å². The summed E-state index contributed by atoms with van der Waals surface area (Å²) in [5.41, 5.74) is 8.03. The van der Waals surface area contributed by atoms with Gasteiger partial charge in [-0.15, -0.1) is 0 Å². The van der Waals surface area contributed by atoms with Crippen molar-refractivity contribution in [2.24, 2.45) is 0 Å². The van der Waals surface area contributed by atoms with Crippen molar-refractivity contribution >= 4 is 40.8 Å². The summed E-state index contributed by atoms with van der Waals surface area (Å²) in [6.07, 6.45) is 0. The highest BCUT2D eigenvalue weighted by atomic mass is 35.5. The molecule has 1 aromatic heterocycles. The zero-order chi connectivity index (χ0) is 19.4. The molecule has 3 N–H and O–H groups in total. The number of rotatable bonds is 5. The number of hydrogen-bond acceptors (Lipinski definition) is 5. The molecule has 8 heteroatoms.